The van der Waals surface area contributed by atoms with Gasteiger partial charge in [0, 0.05) is 33.8 Å². The van der Waals surface area contributed by atoms with Crippen molar-refractivity contribution < 1.29 is 18.8 Å². The first kappa shape index (κ1) is 22.9. The number of hydrogen-bond acceptors (Lipinski definition) is 9. The Balaban J connectivity index is 0.00000272. The monoisotopic (exact) mass is 445 g/mol. The van der Waals surface area contributed by atoms with E-state index >= 15 is 0 Å². The second-order valence-corrected chi connectivity index (χ2v) is 9.94. The Morgan fingerprint density at radius 2 is 2.06 bits per heavy atom. The van der Waals surface area contributed by atoms with E-state index in [1.54, 1.807) is 30.8 Å². The average molecular weight is 446 g/mol. The highest BCUT2D eigenvalue weighted by atomic mass is 32.2. The van der Waals surface area contributed by atoms with Crippen LogP contribution in [0.15, 0.2) is 41.2 Å². The van der Waals surface area contributed by atoms with E-state index in [9.17, 15) is 9.32 Å². The summed E-state index contributed by atoms with van der Waals surface area (Å²) >= 11 is 0. The number of nitrogens with zero attached hydrogens (tertiary/aromatic N) is 4. The SMILES string of the molecule is C.Cc1cc(N=S(C)(C)=O)cc2ncnc(Nc3cccnc3O[C@@H]3COC[C@@H]3O)c12. The number of hydrogen-bond donors (Lipinski definition) is 2. The molecule has 9 nitrogen and oxygen atoms in total. The van der Waals surface area contributed by atoms with Gasteiger partial charge >= 0.3 is 0 Å². The average Bonchev–Trinajstić information content (AvgIpc) is 3.06. The predicted molar refractivity (Wildman–Crippen MR) is 122 cm³/mol. The number of ether oxygens (including phenoxy) is 2. The van der Waals surface area contributed by atoms with Gasteiger partial charge in [0.2, 0.25) is 5.88 Å². The second-order valence-electron chi connectivity index (χ2n) is 7.39. The number of aliphatic hydroxyl groups is 1. The van der Waals surface area contributed by atoms with Crippen LogP contribution in [0.5, 0.6) is 5.88 Å². The minimum atomic E-state index is -2.28. The molecule has 0 amide bonds. The number of rotatable bonds is 5. The predicted octanol–water partition coefficient (Wildman–Crippen LogP) is 3.21. The highest BCUT2D eigenvalue weighted by Gasteiger charge is 2.29. The topological polar surface area (TPSA) is 119 Å². The zero-order valence-electron chi connectivity index (χ0n) is 16.9. The standard InChI is InChI=1S/C20H23N5O4S.CH4/c1-12-7-13(25-30(2,3)27)8-15-18(12)19(23-11-22-15)24-14-5-4-6-21-20(14)29-17-10-28-9-16(17)26;/h4-8,11,16-17,26H,9-10H2,1-3H3,(H,22,23,24);1H4/t16-,17+;/m0./s1. The van der Waals surface area contributed by atoms with Crippen LogP contribution < -0.4 is 10.1 Å². The molecule has 1 aliphatic rings. The third-order valence-electron chi connectivity index (χ3n) is 4.53. The van der Waals surface area contributed by atoms with Gasteiger partial charge in [-0.1, -0.05) is 7.43 Å². The molecule has 0 bridgehead atoms. The van der Waals surface area contributed by atoms with Crippen LogP contribution in [-0.4, -0.2) is 62.2 Å². The summed E-state index contributed by atoms with van der Waals surface area (Å²) in [6.07, 6.45) is 5.08. The highest BCUT2D eigenvalue weighted by molar-refractivity contribution is 7.92. The molecule has 10 heteroatoms. The van der Waals surface area contributed by atoms with Crippen LogP contribution in [0.25, 0.3) is 10.9 Å². The van der Waals surface area contributed by atoms with Crippen molar-refractivity contribution in [3.05, 3.63) is 42.4 Å². The molecule has 0 unspecified atom stereocenters. The molecule has 166 valence electrons. The molecule has 2 aromatic heterocycles. The Morgan fingerprint density at radius 1 is 1.26 bits per heavy atom. The molecule has 3 heterocycles. The lowest BCUT2D eigenvalue weighted by Crippen LogP contribution is -2.30. The van der Waals surface area contributed by atoms with E-state index in [4.69, 9.17) is 9.47 Å². The number of nitrogens with one attached hydrogen (secondary N) is 1. The van der Waals surface area contributed by atoms with Crippen molar-refractivity contribution in [2.75, 3.05) is 31.0 Å². The molecular weight excluding hydrogens is 418 g/mol. The Kier molecular flexibility index (Phi) is 6.73. The van der Waals surface area contributed by atoms with Crippen molar-refractivity contribution in [2.24, 2.45) is 4.36 Å². The fourth-order valence-corrected chi connectivity index (χ4v) is 3.87. The van der Waals surface area contributed by atoms with Crippen LogP contribution in [0.2, 0.25) is 0 Å². The first-order chi connectivity index (χ1) is 14.3. The minimum absolute atomic E-state index is 0. The summed E-state index contributed by atoms with van der Waals surface area (Å²) in [7, 11) is -2.28. The quantitative estimate of drug-likeness (QED) is 0.614. The fourth-order valence-electron chi connectivity index (χ4n) is 3.26. The van der Waals surface area contributed by atoms with Gasteiger partial charge < -0.3 is 19.9 Å². The fraction of sp³-hybridized carbons (Fsp3) is 0.381. The number of aromatic nitrogens is 3. The largest absolute Gasteiger partial charge is 0.468 e. The van der Waals surface area contributed by atoms with Crippen LogP contribution >= 0.6 is 0 Å². The number of benzene rings is 1. The molecule has 1 saturated heterocycles. The molecule has 2 N–H and O–H groups in total. The number of fused-ring (bicyclic) bond motifs is 1. The summed E-state index contributed by atoms with van der Waals surface area (Å²) in [5.74, 6) is 0.929. The molecule has 0 saturated carbocycles. The lowest BCUT2D eigenvalue weighted by atomic mass is 10.1. The van der Waals surface area contributed by atoms with E-state index in [0.29, 0.717) is 35.2 Å². The van der Waals surface area contributed by atoms with E-state index < -0.39 is 21.9 Å². The first-order valence-corrected chi connectivity index (χ1v) is 11.7. The summed E-state index contributed by atoms with van der Waals surface area (Å²) < 4.78 is 27.4. The van der Waals surface area contributed by atoms with Crippen molar-refractivity contribution in [3.8, 4) is 5.88 Å². The van der Waals surface area contributed by atoms with E-state index in [-0.39, 0.29) is 14.0 Å². The van der Waals surface area contributed by atoms with Crippen molar-refractivity contribution in [3.63, 3.8) is 0 Å². The maximum absolute atomic E-state index is 12.1. The first-order valence-electron chi connectivity index (χ1n) is 9.37. The van der Waals surface area contributed by atoms with E-state index in [1.165, 1.54) is 6.33 Å². The third kappa shape index (κ3) is 5.27. The van der Waals surface area contributed by atoms with Crippen LogP contribution in [0.1, 0.15) is 13.0 Å². The van der Waals surface area contributed by atoms with Crippen LogP contribution in [0.3, 0.4) is 0 Å². The summed E-state index contributed by atoms with van der Waals surface area (Å²) in [6, 6.07) is 7.25. The zero-order chi connectivity index (χ0) is 21.3. The molecule has 0 aliphatic carbocycles. The maximum atomic E-state index is 12.1. The minimum Gasteiger partial charge on any atom is -0.468 e. The smallest absolute Gasteiger partial charge is 0.238 e. The summed E-state index contributed by atoms with van der Waals surface area (Å²) in [4.78, 5) is 13.0. The van der Waals surface area contributed by atoms with Gasteiger partial charge in [-0.05, 0) is 36.8 Å². The maximum Gasteiger partial charge on any atom is 0.238 e. The van der Waals surface area contributed by atoms with Gasteiger partial charge in [0.25, 0.3) is 0 Å². The second kappa shape index (κ2) is 9.13. The van der Waals surface area contributed by atoms with Gasteiger partial charge in [0.1, 0.15) is 23.9 Å². The van der Waals surface area contributed by atoms with Gasteiger partial charge in [-0.15, -0.1) is 0 Å². The molecular formula is C21H27N5O4S. The van der Waals surface area contributed by atoms with Crippen LogP contribution in [0, 0.1) is 6.92 Å². The van der Waals surface area contributed by atoms with E-state index in [2.05, 4.69) is 24.6 Å². The van der Waals surface area contributed by atoms with Crippen molar-refractivity contribution in [2.45, 2.75) is 26.6 Å². The van der Waals surface area contributed by atoms with E-state index in [1.807, 2.05) is 19.1 Å². The number of pyridine rings is 1. The Morgan fingerprint density at radius 3 is 2.77 bits per heavy atom. The van der Waals surface area contributed by atoms with Crippen molar-refractivity contribution in [1.82, 2.24) is 15.0 Å². The Labute approximate surface area is 182 Å². The molecule has 4 rings (SSSR count). The molecule has 3 aromatic rings. The lowest BCUT2D eigenvalue weighted by Gasteiger charge is -2.18. The van der Waals surface area contributed by atoms with Crippen molar-refractivity contribution >= 4 is 37.8 Å². The summed E-state index contributed by atoms with van der Waals surface area (Å²) in [5, 5.41) is 14.0. The summed E-state index contributed by atoms with van der Waals surface area (Å²) in [6.45, 7) is 2.47. The van der Waals surface area contributed by atoms with Crippen LogP contribution in [0.4, 0.5) is 17.2 Å². The molecule has 31 heavy (non-hydrogen) atoms. The Hall–Kier alpha value is -2.82. The van der Waals surface area contributed by atoms with E-state index in [0.717, 1.165) is 10.9 Å². The van der Waals surface area contributed by atoms with Gasteiger partial charge in [-0.3, -0.25) is 0 Å². The normalized spacial score (nSPS) is 18.5. The lowest BCUT2D eigenvalue weighted by molar-refractivity contribution is 0.0709. The molecule has 1 aliphatic heterocycles. The molecule has 1 aromatic carbocycles. The molecule has 0 spiro atoms. The highest BCUT2D eigenvalue weighted by Crippen LogP contribution is 2.33. The number of aryl methyl sites for hydroxylation is 1. The zero-order valence-corrected chi connectivity index (χ0v) is 17.7. The number of anilines is 2. The molecule has 1 fully saturated rings. The van der Waals surface area contributed by atoms with Crippen LogP contribution in [-0.2, 0) is 14.5 Å². The van der Waals surface area contributed by atoms with Crippen molar-refractivity contribution in [1.29, 1.82) is 0 Å². The van der Waals surface area contributed by atoms with Gasteiger partial charge in [0.15, 0.2) is 6.10 Å². The molecule has 2 atom stereocenters. The van der Waals surface area contributed by atoms with Gasteiger partial charge in [0.05, 0.1) is 24.4 Å². The number of aliphatic hydroxyl groups excluding tert-OH is 1. The third-order valence-corrected chi connectivity index (χ3v) is 5.18. The van der Waals surface area contributed by atoms with Gasteiger partial charge in [-0.25, -0.2) is 19.2 Å². The Bertz CT molecular complexity index is 1200. The van der Waals surface area contributed by atoms with Gasteiger partial charge in [-0.2, -0.15) is 4.36 Å². The molecule has 0 radical (unpaired) electrons. The summed E-state index contributed by atoms with van der Waals surface area (Å²) in [5.41, 5.74) is 2.79.